The fraction of sp³-hybridized carbons (Fsp3) is 0.235. The Morgan fingerprint density at radius 1 is 0.620 bits per heavy atom. The number of benzene rings is 2. The third-order valence-corrected chi connectivity index (χ3v) is 6.02. The van der Waals surface area contributed by atoms with Crippen LogP contribution in [0.5, 0.6) is 0 Å². The number of hydrogen-bond acceptors (Lipinski definition) is 9. The minimum atomic E-state index is -0.614. The van der Waals surface area contributed by atoms with Crippen LogP contribution in [0, 0.1) is 0 Å². The molecule has 2 heterocycles. The molecule has 263 valence electrons. The standard InChI is InChI=1S/C17H18ClN3O3.C11H16N2O2.C6H3Cl2NO.B/c1-17(2,3)24-16(23)21-13-7-5-4-6-12(13)20-15(22)11-8-9-14(18)19-10-11;1-11(2,3)15-10(14)13-9-7-5-4-6-8(9)12;7-5-2-1-4(3-9-5)6(8)10;/h4-10H,1-3H3,(H,20,22)(H,21,23);4-7H,12H2,1-3H3,(H,13,14);1-3H;. The minimum absolute atomic E-state index is 0. The maximum absolute atomic E-state index is 12.3. The summed E-state index contributed by atoms with van der Waals surface area (Å²) < 4.78 is 10.3. The number of anilines is 4. The van der Waals surface area contributed by atoms with Gasteiger partial charge in [-0.25, -0.2) is 19.6 Å². The lowest BCUT2D eigenvalue weighted by atomic mass is 10.2. The van der Waals surface area contributed by atoms with Crippen molar-refractivity contribution in [1.29, 1.82) is 0 Å². The Balaban J connectivity index is 0.000000410. The number of carbonyl (C=O) groups excluding carboxylic acids is 4. The summed E-state index contributed by atoms with van der Waals surface area (Å²) in [6, 6.07) is 20.0. The van der Waals surface area contributed by atoms with Crippen LogP contribution < -0.4 is 21.7 Å². The van der Waals surface area contributed by atoms with Gasteiger partial charge in [0.25, 0.3) is 11.1 Å². The zero-order chi connectivity index (χ0) is 36.8. The molecular formula is C34H37BCl3N6O6. The number of pyridine rings is 2. The topological polar surface area (TPSA) is 175 Å². The van der Waals surface area contributed by atoms with Crippen LogP contribution >= 0.6 is 34.8 Å². The summed E-state index contributed by atoms with van der Waals surface area (Å²) in [4.78, 5) is 53.5. The molecule has 0 aliphatic heterocycles. The van der Waals surface area contributed by atoms with E-state index in [0.29, 0.717) is 44.2 Å². The third-order valence-electron chi connectivity index (χ3n) is 5.35. The van der Waals surface area contributed by atoms with Crippen molar-refractivity contribution < 1.29 is 28.7 Å². The van der Waals surface area contributed by atoms with Gasteiger partial charge in [-0.05, 0) is 102 Å². The molecule has 4 aromatic rings. The summed E-state index contributed by atoms with van der Waals surface area (Å²) in [5.74, 6) is -0.363. The smallest absolute Gasteiger partial charge is 0.412 e. The van der Waals surface area contributed by atoms with Crippen molar-refractivity contribution in [2.75, 3.05) is 21.7 Å². The van der Waals surface area contributed by atoms with E-state index in [1.165, 1.54) is 30.6 Å². The average molecular weight is 743 g/mol. The Hall–Kier alpha value is -4.85. The Morgan fingerprint density at radius 3 is 1.42 bits per heavy atom. The van der Waals surface area contributed by atoms with E-state index >= 15 is 0 Å². The number of nitrogens with one attached hydrogen (secondary N) is 3. The van der Waals surface area contributed by atoms with Crippen molar-refractivity contribution in [3.05, 3.63) is 107 Å². The number of nitrogen functional groups attached to an aromatic ring is 1. The number of carbonyl (C=O) groups is 4. The van der Waals surface area contributed by atoms with Crippen LogP contribution in [0.1, 0.15) is 62.3 Å². The number of nitrogens with two attached hydrogens (primary N) is 1. The zero-order valence-electron chi connectivity index (χ0n) is 28.2. The molecule has 0 aliphatic carbocycles. The molecule has 0 unspecified atom stereocenters. The van der Waals surface area contributed by atoms with Crippen LogP contribution in [0.25, 0.3) is 0 Å². The Bertz CT molecular complexity index is 1730. The number of halogens is 3. The van der Waals surface area contributed by atoms with Gasteiger partial charge in [0.1, 0.15) is 21.5 Å². The highest BCUT2D eigenvalue weighted by Gasteiger charge is 2.18. The first kappa shape index (κ1) is 43.2. The predicted octanol–water partition coefficient (Wildman–Crippen LogP) is 8.68. The van der Waals surface area contributed by atoms with Gasteiger partial charge in [0, 0.05) is 20.8 Å². The van der Waals surface area contributed by atoms with Crippen molar-refractivity contribution >= 4 is 89.3 Å². The second-order valence-corrected chi connectivity index (χ2v) is 13.0. The van der Waals surface area contributed by atoms with Gasteiger partial charge >= 0.3 is 12.2 Å². The first-order valence-corrected chi connectivity index (χ1v) is 15.6. The molecule has 2 aromatic carbocycles. The monoisotopic (exact) mass is 741 g/mol. The van der Waals surface area contributed by atoms with E-state index in [9.17, 15) is 19.2 Å². The maximum atomic E-state index is 12.3. The Morgan fingerprint density at radius 2 is 1.02 bits per heavy atom. The van der Waals surface area contributed by atoms with Gasteiger partial charge < -0.3 is 20.5 Å². The molecule has 5 N–H and O–H groups in total. The molecule has 0 fully saturated rings. The molecule has 0 bridgehead atoms. The van der Waals surface area contributed by atoms with Gasteiger partial charge in [0.2, 0.25) is 0 Å². The van der Waals surface area contributed by atoms with Gasteiger partial charge in [0.15, 0.2) is 0 Å². The summed E-state index contributed by atoms with van der Waals surface area (Å²) in [7, 11) is 0. The second kappa shape index (κ2) is 20.0. The van der Waals surface area contributed by atoms with E-state index in [1.54, 1.807) is 96.1 Å². The molecule has 3 radical (unpaired) electrons. The lowest BCUT2D eigenvalue weighted by Gasteiger charge is -2.20. The molecule has 50 heavy (non-hydrogen) atoms. The van der Waals surface area contributed by atoms with Gasteiger partial charge in [-0.2, -0.15) is 0 Å². The number of nitrogens with zero attached hydrogens (tertiary/aromatic N) is 2. The van der Waals surface area contributed by atoms with Crippen molar-refractivity contribution in [2.24, 2.45) is 0 Å². The predicted molar refractivity (Wildman–Crippen MR) is 199 cm³/mol. The number of rotatable bonds is 5. The molecule has 2 aromatic heterocycles. The van der Waals surface area contributed by atoms with Crippen LogP contribution in [0.15, 0.2) is 85.2 Å². The molecule has 0 saturated heterocycles. The lowest BCUT2D eigenvalue weighted by Crippen LogP contribution is -2.27. The molecule has 0 spiro atoms. The average Bonchev–Trinajstić information content (AvgIpc) is 2.99. The fourth-order valence-electron chi connectivity index (χ4n) is 3.34. The van der Waals surface area contributed by atoms with E-state index in [1.807, 2.05) is 0 Å². The van der Waals surface area contributed by atoms with Gasteiger partial charge in [0.05, 0.1) is 33.9 Å². The first-order valence-electron chi connectivity index (χ1n) is 14.5. The molecule has 3 amide bonds. The number of aromatic nitrogens is 2. The summed E-state index contributed by atoms with van der Waals surface area (Å²) >= 11 is 16.3. The zero-order valence-corrected chi connectivity index (χ0v) is 30.5. The number of hydrogen-bond donors (Lipinski definition) is 4. The van der Waals surface area contributed by atoms with Gasteiger partial charge in [-0.3, -0.25) is 20.2 Å². The highest BCUT2D eigenvalue weighted by molar-refractivity contribution is 6.67. The molecule has 4 rings (SSSR count). The fourth-order valence-corrected chi connectivity index (χ4v) is 3.67. The number of amides is 3. The maximum Gasteiger partial charge on any atom is 0.412 e. The highest BCUT2D eigenvalue weighted by atomic mass is 35.5. The number of para-hydroxylation sites is 4. The Kier molecular flexibility index (Phi) is 17.3. The van der Waals surface area contributed by atoms with Crippen molar-refractivity contribution in [1.82, 2.24) is 9.97 Å². The lowest BCUT2D eigenvalue weighted by molar-refractivity contribution is 0.0624. The summed E-state index contributed by atoms with van der Waals surface area (Å²) in [6.45, 7) is 10.7. The van der Waals surface area contributed by atoms with Crippen LogP contribution in [0.3, 0.4) is 0 Å². The van der Waals surface area contributed by atoms with Gasteiger partial charge in [-0.15, -0.1) is 0 Å². The molecule has 16 heteroatoms. The van der Waals surface area contributed by atoms with Crippen LogP contribution in [0.2, 0.25) is 10.3 Å². The van der Waals surface area contributed by atoms with Gasteiger partial charge in [-0.1, -0.05) is 47.5 Å². The summed E-state index contributed by atoms with van der Waals surface area (Å²) in [6.07, 6.45) is 1.61. The minimum Gasteiger partial charge on any atom is -0.444 e. The van der Waals surface area contributed by atoms with Crippen LogP contribution in [-0.4, -0.2) is 52.9 Å². The first-order chi connectivity index (χ1) is 22.8. The van der Waals surface area contributed by atoms with Crippen LogP contribution in [0.4, 0.5) is 32.3 Å². The molecular weight excluding hydrogens is 706 g/mol. The quantitative estimate of drug-likeness (QED) is 0.0675. The molecule has 12 nitrogen and oxygen atoms in total. The van der Waals surface area contributed by atoms with Crippen molar-refractivity contribution in [3.63, 3.8) is 0 Å². The molecule has 0 atom stereocenters. The highest BCUT2D eigenvalue weighted by Crippen LogP contribution is 2.23. The Labute approximate surface area is 308 Å². The van der Waals surface area contributed by atoms with E-state index in [-0.39, 0.29) is 14.3 Å². The molecule has 0 aliphatic rings. The van der Waals surface area contributed by atoms with E-state index < -0.39 is 28.6 Å². The normalized spacial score (nSPS) is 10.3. The second-order valence-electron chi connectivity index (χ2n) is 11.9. The number of ether oxygens (including phenoxy) is 2. The van der Waals surface area contributed by atoms with E-state index in [2.05, 4.69) is 25.9 Å². The molecule has 0 saturated carbocycles. The van der Waals surface area contributed by atoms with Crippen LogP contribution in [-0.2, 0) is 9.47 Å². The largest absolute Gasteiger partial charge is 0.444 e. The summed E-state index contributed by atoms with van der Waals surface area (Å²) in [5, 5.41) is 8.05. The summed E-state index contributed by atoms with van der Waals surface area (Å²) in [5.41, 5.74) is 7.21. The SMILES string of the molecule is CC(C)(C)OC(=O)Nc1ccccc1N.CC(C)(C)OC(=O)Nc1ccccc1NC(=O)c1ccc(Cl)nc1.O=C(Cl)c1ccc(Cl)nc1.[B]. The van der Waals surface area contributed by atoms with Crippen molar-refractivity contribution in [2.45, 2.75) is 52.7 Å². The van der Waals surface area contributed by atoms with E-state index in [4.69, 9.17) is 50.0 Å². The third kappa shape index (κ3) is 17.0. The van der Waals surface area contributed by atoms with E-state index in [0.717, 1.165) is 0 Å². The van der Waals surface area contributed by atoms with Crippen molar-refractivity contribution in [3.8, 4) is 0 Å².